The van der Waals surface area contributed by atoms with E-state index in [0.29, 0.717) is 30.4 Å². The number of ether oxygens (including phenoxy) is 1. The van der Waals surface area contributed by atoms with Crippen molar-refractivity contribution in [2.45, 2.75) is 68.3 Å². The smallest absolute Gasteiger partial charge is 0.234 e. The molecule has 0 spiro atoms. The normalized spacial score (nSPS) is 20.5. The average molecular weight is 590 g/mol. The van der Waals surface area contributed by atoms with Crippen LogP contribution in [-0.4, -0.2) is 60.3 Å². The highest BCUT2D eigenvalue weighted by Crippen LogP contribution is 2.47. The Hall–Kier alpha value is -1.03. The lowest BCUT2D eigenvalue weighted by atomic mass is 9.90. The molecule has 2 aromatic rings. The average Bonchev–Trinajstić information content (AvgIpc) is 3.52. The van der Waals surface area contributed by atoms with Crippen molar-refractivity contribution in [3.63, 3.8) is 0 Å². The number of nitrogens with zero attached hydrogens (tertiary/aromatic N) is 1. The molecule has 0 saturated carbocycles. The van der Waals surface area contributed by atoms with Crippen molar-refractivity contribution < 1.29 is 14.6 Å². The van der Waals surface area contributed by atoms with E-state index in [1.165, 1.54) is 11.1 Å². The van der Waals surface area contributed by atoms with Gasteiger partial charge in [-0.3, -0.25) is 9.69 Å². The van der Waals surface area contributed by atoms with Crippen molar-refractivity contribution in [2.24, 2.45) is 5.92 Å². The van der Waals surface area contributed by atoms with Crippen LogP contribution < -0.4 is 0 Å². The molecule has 3 atom stereocenters. The van der Waals surface area contributed by atoms with Gasteiger partial charge in [0.05, 0.1) is 28.7 Å². The summed E-state index contributed by atoms with van der Waals surface area (Å²) in [7, 11) is 0. The number of hydrogen-bond donors (Lipinski definition) is 1. The summed E-state index contributed by atoms with van der Waals surface area (Å²) in [6, 6.07) is 20.5. The minimum atomic E-state index is -0.678. The first kappa shape index (κ1) is 29.9. The van der Waals surface area contributed by atoms with Crippen LogP contribution in [0.25, 0.3) is 0 Å². The highest BCUT2D eigenvalue weighted by atomic mass is 32.2. The lowest BCUT2D eigenvalue weighted by Gasteiger charge is -2.32. The molecule has 4 nitrogen and oxygen atoms in total. The molecule has 0 aromatic heterocycles. The van der Waals surface area contributed by atoms with Gasteiger partial charge in [-0.05, 0) is 56.6 Å². The molecule has 8 heteroatoms. The molecule has 0 bridgehead atoms. The van der Waals surface area contributed by atoms with Gasteiger partial charge in [-0.2, -0.15) is 0 Å². The summed E-state index contributed by atoms with van der Waals surface area (Å²) in [5.74, 6) is 2.68. The number of benzene rings is 2. The summed E-state index contributed by atoms with van der Waals surface area (Å²) in [4.78, 5) is 15.9. The largest absolute Gasteiger partial charge is 0.392 e. The topological polar surface area (TPSA) is 49.8 Å². The van der Waals surface area contributed by atoms with Crippen molar-refractivity contribution in [1.29, 1.82) is 0 Å². The summed E-state index contributed by atoms with van der Waals surface area (Å²) in [6.45, 7) is 3.53. The molecule has 2 saturated heterocycles. The fourth-order valence-corrected chi connectivity index (χ4v) is 9.38. The highest BCUT2D eigenvalue weighted by molar-refractivity contribution is 8.23. The second kappa shape index (κ2) is 15.1. The van der Waals surface area contributed by atoms with Crippen LogP contribution in [0.15, 0.2) is 60.7 Å². The van der Waals surface area contributed by atoms with Crippen LogP contribution in [0.3, 0.4) is 0 Å². The second-order valence-electron chi connectivity index (χ2n) is 10.2. The summed E-state index contributed by atoms with van der Waals surface area (Å²) >= 11 is 11.2. The first-order valence-corrected chi connectivity index (χ1v) is 16.9. The van der Waals surface area contributed by atoms with Crippen molar-refractivity contribution in [3.05, 3.63) is 71.8 Å². The fourth-order valence-electron chi connectivity index (χ4n) is 5.07. The van der Waals surface area contributed by atoms with E-state index >= 15 is 0 Å². The van der Waals surface area contributed by atoms with E-state index in [4.69, 9.17) is 17.0 Å². The highest BCUT2D eigenvalue weighted by Gasteiger charge is 2.41. The lowest BCUT2D eigenvalue weighted by molar-refractivity contribution is -0.136. The van der Waals surface area contributed by atoms with Gasteiger partial charge in [0.2, 0.25) is 5.91 Å². The monoisotopic (exact) mass is 589 g/mol. The first-order valence-electron chi connectivity index (χ1n) is 13.6. The fraction of sp³-hybridized carbons (Fsp3) is 0.533. The Bertz CT molecular complexity index is 1020. The number of unbranched alkanes of at least 4 members (excludes halogenated alkanes) is 1. The predicted molar refractivity (Wildman–Crippen MR) is 168 cm³/mol. The Morgan fingerprint density at radius 3 is 2.39 bits per heavy atom. The number of amides is 1. The third-order valence-corrected chi connectivity index (χ3v) is 12.2. The van der Waals surface area contributed by atoms with Crippen LogP contribution in [0.5, 0.6) is 0 Å². The Morgan fingerprint density at radius 2 is 1.71 bits per heavy atom. The van der Waals surface area contributed by atoms with Crippen molar-refractivity contribution in [2.75, 3.05) is 23.9 Å². The van der Waals surface area contributed by atoms with E-state index in [1.807, 2.05) is 64.8 Å². The number of aliphatic hydroxyl groups excluding tert-OH is 1. The SMILES string of the molecule is CC1(CC[C@H](C(=O)N2C(=S)SC[C@@H]2Cc2ccccc2)[C@H](O)CCCCOCc2ccccc2)SCCS1. The Morgan fingerprint density at radius 1 is 1.05 bits per heavy atom. The number of thioether (sulfide) groups is 3. The molecule has 2 heterocycles. The number of thiocarbonyl (C=S) groups is 1. The quantitative estimate of drug-likeness (QED) is 0.192. The van der Waals surface area contributed by atoms with Gasteiger partial charge in [-0.15, -0.1) is 23.5 Å². The molecule has 2 aliphatic heterocycles. The molecule has 1 amide bonds. The van der Waals surface area contributed by atoms with E-state index in [0.717, 1.165) is 42.9 Å². The van der Waals surface area contributed by atoms with Crippen molar-refractivity contribution in [3.8, 4) is 0 Å². The molecule has 1 N–H and O–H groups in total. The van der Waals surface area contributed by atoms with Crippen molar-refractivity contribution in [1.82, 2.24) is 4.90 Å². The maximum absolute atomic E-state index is 14.0. The second-order valence-corrected chi connectivity index (χ2v) is 15.3. The molecule has 2 aromatic carbocycles. The van der Waals surface area contributed by atoms with Gasteiger partial charge in [-0.1, -0.05) is 84.6 Å². The molecule has 206 valence electrons. The van der Waals surface area contributed by atoms with Crippen LogP contribution in [0.2, 0.25) is 0 Å². The number of carbonyl (C=O) groups excluding carboxylic acids is 1. The zero-order chi connectivity index (χ0) is 26.8. The number of carbonyl (C=O) groups is 1. The van der Waals surface area contributed by atoms with Gasteiger partial charge in [-0.25, -0.2) is 0 Å². The van der Waals surface area contributed by atoms with Gasteiger partial charge in [0, 0.05) is 23.9 Å². The number of rotatable bonds is 14. The summed E-state index contributed by atoms with van der Waals surface area (Å²) in [5.41, 5.74) is 2.37. The molecule has 4 rings (SSSR count). The Kier molecular flexibility index (Phi) is 11.9. The molecule has 38 heavy (non-hydrogen) atoms. The van der Waals surface area contributed by atoms with Crippen LogP contribution in [0.4, 0.5) is 0 Å². The van der Waals surface area contributed by atoms with E-state index in [2.05, 4.69) is 31.2 Å². The zero-order valence-corrected chi connectivity index (χ0v) is 25.4. The first-order chi connectivity index (χ1) is 18.5. The van der Waals surface area contributed by atoms with Crippen LogP contribution >= 0.6 is 47.5 Å². The predicted octanol–water partition coefficient (Wildman–Crippen LogP) is 6.80. The molecule has 0 aliphatic carbocycles. The molecule has 0 unspecified atom stereocenters. The molecular formula is C30H39NO3S4. The maximum Gasteiger partial charge on any atom is 0.234 e. The zero-order valence-electron chi connectivity index (χ0n) is 22.1. The van der Waals surface area contributed by atoms with Gasteiger partial charge in [0.25, 0.3) is 0 Å². The van der Waals surface area contributed by atoms with Crippen LogP contribution in [0.1, 0.15) is 50.2 Å². The third-order valence-electron chi connectivity index (χ3n) is 7.25. The van der Waals surface area contributed by atoms with E-state index in [1.54, 1.807) is 11.8 Å². The van der Waals surface area contributed by atoms with Crippen LogP contribution in [-0.2, 0) is 22.6 Å². The van der Waals surface area contributed by atoms with Gasteiger partial charge < -0.3 is 9.84 Å². The van der Waals surface area contributed by atoms with E-state index in [-0.39, 0.29) is 16.0 Å². The Labute approximate surface area is 246 Å². The molecular weight excluding hydrogens is 551 g/mol. The molecule has 2 fully saturated rings. The van der Waals surface area contributed by atoms with E-state index < -0.39 is 12.0 Å². The van der Waals surface area contributed by atoms with E-state index in [9.17, 15) is 9.90 Å². The Balaban J connectivity index is 1.35. The standard InChI is InChI=1S/C30H39NO3S4/c1-30(37-18-19-38-30)16-15-26(27(32)14-8-9-17-34-21-24-12-6-3-7-13-24)28(33)31-25(22-36-29(31)35)20-23-10-4-2-5-11-23/h2-7,10-13,25-27,32H,8-9,14-22H2,1H3/t25-,26-,27+/m0/s1. The van der Waals surface area contributed by atoms with Gasteiger partial charge in [0.15, 0.2) is 0 Å². The summed E-state index contributed by atoms with van der Waals surface area (Å²) < 4.78 is 6.59. The molecule has 2 aliphatic rings. The number of aliphatic hydroxyl groups is 1. The van der Waals surface area contributed by atoms with Crippen LogP contribution in [0, 0.1) is 5.92 Å². The summed E-state index contributed by atoms with van der Waals surface area (Å²) in [5, 5.41) is 11.3. The maximum atomic E-state index is 14.0. The minimum absolute atomic E-state index is 0.00496. The van der Waals surface area contributed by atoms with Gasteiger partial charge >= 0.3 is 0 Å². The van der Waals surface area contributed by atoms with Crippen molar-refractivity contribution >= 4 is 57.7 Å². The summed E-state index contributed by atoms with van der Waals surface area (Å²) in [6.07, 6.45) is 3.98. The van der Waals surface area contributed by atoms with Gasteiger partial charge in [0.1, 0.15) is 4.32 Å². The lowest BCUT2D eigenvalue weighted by Crippen LogP contribution is -2.46. The number of hydrogen-bond acceptors (Lipinski definition) is 7. The molecule has 0 radical (unpaired) electrons. The minimum Gasteiger partial charge on any atom is -0.392 e. The third kappa shape index (κ3) is 8.73.